The van der Waals surface area contributed by atoms with Gasteiger partial charge in [0.2, 0.25) is 0 Å². The van der Waals surface area contributed by atoms with Crippen LogP contribution in [0.15, 0.2) is 91.0 Å². The molecule has 0 aromatic heterocycles. The van der Waals surface area contributed by atoms with Gasteiger partial charge in [0, 0.05) is 0 Å². The van der Waals surface area contributed by atoms with Gasteiger partial charge in [0.05, 0.1) is 0 Å². The Kier molecular flexibility index (Phi) is 6.99. The zero-order valence-corrected chi connectivity index (χ0v) is 23.3. The van der Waals surface area contributed by atoms with Crippen LogP contribution in [0.2, 0.25) is 0 Å². The summed E-state index contributed by atoms with van der Waals surface area (Å²) in [6, 6.07) is 29.1. The van der Waals surface area contributed by atoms with Gasteiger partial charge in [0.25, 0.3) is 0 Å². The Morgan fingerprint density at radius 3 is 1.31 bits per heavy atom. The fraction of sp³-hybridized carbons (Fsp3) is 0.143. The van der Waals surface area contributed by atoms with Gasteiger partial charge in [-0.05, 0) is 0 Å². The summed E-state index contributed by atoms with van der Waals surface area (Å²) in [5.74, 6) is 0. The molecule has 0 N–H and O–H groups in total. The molecule has 4 aromatic carbocycles. The molecule has 184 valence electrons. The minimum absolute atomic E-state index is 0.279. The van der Waals surface area contributed by atoms with E-state index in [1.807, 2.05) is 57.2 Å². The van der Waals surface area contributed by atoms with E-state index in [0.717, 1.165) is 38.7 Å². The molecule has 0 spiro atoms. The number of hydrogen-bond donors (Lipinski definition) is 0. The van der Waals surface area contributed by atoms with E-state index in [1.165, 1.54) is 12.1 Å². The van der Waals surface area contributed by atoms with Crippen LogP contribution in [-0.4, -0.2) is 9.85 Å². The summed E-state index contributed by atoms with van der Waals surface area (Å²) >= 11 is 2.61. The van der Waals surface area contributed by atoms with Crippen LogP contribution in [0.5, 0.6) is 0 Å². The van der Waals surface area contributed by atoms with E-state index in [4.69, 9.17) is 0 Å². The SMILES string of the molecule is Cc1cccc(P(I)(Cc2cc([N+](=O)[O-])cc([N+](=O)[O-])c2)(c2cccc(C)c2)c2cccc(C)c2)c1. The summed E-state index contributed by atoms with van der Waals surface area (Å²) in [5.41, 5.74) is 3.31. The Morgan fingerprint density at radius 2 is 1.00 bits per heavy atom. The summed E-state index contributed by atoms with van der Waals surface area (Å²) in [4.78, 5) is 22.3. The predicted molar refractivity (Wildman–Crippen MR) is 157 cm³/mol. The second-order valence-corrected chi connectivity index (χ2v) is 19.8. The zero-order valence-electron chi connectivity index (χ0n) is 20.2. The molecule has 0 amide bonds. The van der Waals surface area contributed by atoms with E-state index in [1.54, 1.807) is 0 Å². The fourth-order valence-electron chi connectivity index (χ4n) is 4.78. The van der Waals surface area contributed by atoms with E-state index in [2.05, 4.69) is 58.4 Å². The van der Waals surface area contributed by atoms with Gasteiger partial charge in [-0.1, -0.05) is 0 Å². The maximum absolute atomic E-state index is 11.7. The van der Waals surface area contributed by atoms with Crippen molar-refractivity contribution in [2.75, 3.05) is 0 Å². The number of non-ortho nitro benzene ring substituents is 2. The summed E-state index contributed by atoms with van der Waals surface area (Å²) in [7, 11) is 0. The minimum atomic E-state index is -3.38. The monoisotopic (exact) mass is 612 g/mol. The van der Waals surface area contributed by atoms with Crippen molar-refractivity contribution in [2.45, 2.75) is 26.9 Å². The van der Waals surface area contributed by atoms with Gasteiger partial charge >= 0.3 is 224 Å². The van der Waals surface area contributed by atoms with Crippen LogP contribution in [-0.2, 0) is 6.16 Å². The topological polar surface area (TPSA) is 86.3 Å². The predicted octanol–water partition coefficient (Wildman–Crippen LogP) is 6.81. The molecule has 0 bridgehead atoms. The molecule has 0 saturated carbocycles. The van der Waals surface area contributed by atoms with Crippen molar-refractivity contribution in [1.82, 2.24) is 0 Å². The van der Waals surface area contributed by atoms with E-state index in [9.17, 15) is 20.2 Å². The average Bonchev–Trinajstić information content (AvgIpc) is 2.84. The third kappa shape index (κ3) is 4.65. The quantitative estimate of drug-likeness (QED) is 0.0994. The Morgan fingerprint density at radius 1 is 0.639 bits per heavy atom. The van der Waals surface area contributed by atoms with E-state index < -0.39 is 14.1 Å². The number of benzene rings is 4. The molecule has 4 rings (SSSR count). The third-order valence-electron chi connectivity index (χ3n) is 6.48. The summed E-state index contributed by atoms with van der Waals surface area (Å²) < 4.78 is -3.38. The van der Waals surface area contributed by atoms with Crippen molar-refractivity contribution in [3.8, 4) is 0 Å². The first kappa shape index (κ1) is 25.9. The molecular formula is C28H26IN2O4P. The molecule has 0 atom stereocenters. The number of nitro groups is 2. The van der Waals surface area contributed by atoms with Crippen LogP contribution in [0, 0.1) is 41.0 Å². The molecule has 36 heavy (non-hydrogen) atoms. The van der Waals surface area contributed by atoms with E-state index in [-0.39, 0.29) is 11.4 Å². The van der Waals surface area contributed by atoms with Crippen molar-refractivity contribution < 1.29 is 9.85 Å². The first-order chi connectivity index (χ1) is 17.0. The Hall–Kier alpha value is -3.16. The number of aryl methyl sites for hydroxylation is 3. The van der Waals surface area contributed by atoms with Gasteiger partial charge < -0.3 is 0 Å². The molecule has 8 heteroatoms. The van der Waals surface area contributed by atoms with Gasteiger partial charge in [-0.2, -0.15) is 0 Å². The molecule has 0 unspecified atom stereocenters. The zero-order chi connectivity index (χ0) is 26.1. The number of rotatable bonds is 7. The molecule has 0 aliphatic heterocycles. The van der Waals surface area contributed by atoms with Crippen molar-refractivity contribution in [3.05, 3.63) is 133 Å². The molecule has 4 aromatic rings. The molecule has 0 aliphatic rings. The van der Waals surface area contributed by atoms with Gasteiger partial charge in [0.15, 0.2) is 0 Å². The van der Waals surface area contributed by atoms with Gasteiger partial charge in [-0.15, -0.1) is 0 Å². The molecule has 0 radical (unpaired) electrons. The molecule has 0 heterocycles. The van der Waals surface area contributed by atoms with Crippen LogP contribution >= 0.6 is 26.3 Å². The van der Waals surface area contributed by atoms with Crippen molar-refractivity contribution in [3.63, 3.8) is 0 Å². The van der Waals surface area contributed by atoms with Crippen LogP contribution < -0.4 is 15.9 Å². The van der Waals surface area contributed by atoms with Crippen LogP contribution in [0.3, 0.4) is 0 Å². The first-order valence-corrected chi connectivity index (χ1v) is 16.6. The fourth-order valence-corrected chi connectivity index (χ4v) is 13.6. The third-order valence-corrected chi connectivity index (χ3v) is 17.5. The maximum atomic E-state index is 11.7. The molecule has 0 aliphatic carbocycles. The number of nitro benzene ring substituents is 2. The Bertz CT molecular complexity index is 1360. The summed E-state index contributed by atoms with van der Waals surface area (Å²) in [6.45, 7) is 6.14. The Balaban J connectivity index is 2.16. The first-order valence-electron chi connectivity index (χ1n) is 11.4. The second-order valence-electron chi connectivity index (χ2n) is 9.23. The van der Waals surface area contributed by atoms with Gasteiger partial charge in [0.1, 0.15) is 0 Å². The average molecular weight is 612 g/mol. The summed E-state index contributed by atoms with van der Waals surface area (Å²) in [6.07, 6.45) is 0.394. The Labute approximate surface area is 223 Å². The molecular weight excluding hydrogens is 586 g/mol. The number of nitrogens with zero attached hydrogens (tertiary/aromatic N) is 2. The van der Waals surface area contributed by atoms with Gasteiger partial charge in [-0.25, -0.2) is 0 Å². The summed E-state index contributed by atoms with van der Waals surface area (Å²) in [5, 5.41) is 26.8. The standard InChI is InChI=1S/C28H26IN2O4P/c1-20-7-4-10-26(13-20)36(29,27-11-5-8-21(2)14-27,28-12-6-9-22(3)15-28)19-23-16-24(30(32)33)18-25(17-23)31(34)35/h4-18H,19H2,1-3H3. The van der Waals surface area contributed by atoms with Crippen molar-refractivity contribution in [1.29, 1.82) is 0 Å². The molecule has 0 saturated heterocycles. The molecule has 0 fully saturated rings. The van der Waals surface area contributed by atoms with E-state index >= 15 is 0 Å². The second kappa shape index (κ2) is 9.71. The van der Waals surface area contributed by atoms with Crippen molar-refractivity contribution in [2.24, 2.45) is 0 Å². The number of halogens is 1. The van der Waals surface area contributed by atoms with E-state index in [0.29, 0.717) is 11.7 Å². The molecule has 6 nitrogen and oxygen atoms in total. The normalized spacial score (nSPS) is 12.5. The van der Waals surface area contributed by atoms with Crippen LogP contribution in [0.25, 0.3) is 0 Å². The van der Waals surface area contributed by atoms with Crippen LogP contribution in [0.4, 0.5) is 11.4 Å². The number of hydrogen-bond acceptors (Lipinski definition) is 4. The van der Waals surface area contributed by atoms with Crippen molar-refractivity contribution >= 4 is 53.6 Å². The van der Waals surface area contributed by atoms with Gasteiger partial charge in [-0.3, -0.25) is 0 Å². The van der Waals surface area contributed by atoms with Crippen LogP contribution in [0.1, 0.15) is 22.3 Å².